The van der Waals surface area contributed by atoms with Crippen LogP contribution in [0.15, 0.2) is 48.8 Å². The van der Waals surface area contributed by atoms with Crippen LogP contribution in [0, 0.1) is 0 Å². The minimum atomic E-state index is -0.149. The number of rotatable bonds is 5. The summed E-state index contributed by atoms with van der Waals surface area (Å²) in [4.78, 5) is 15.8. The van der Waals surface area contributed by atoms with Crippen LogP contribution in [0.2, 0.25) is 0 Å². The minimum Gasteiger partial charge on any atom is -0.484 e. The molecule has 0 aliphatic rings. The maximum absolute atomic E-state index is 11.8. The zero-order valence-electron chi connectivity index (χ0n) is 13.3. The van der Waals surface area contributed by atoms with Crippen LogP contribution in [0.25, 0.3) is 0 Å². The highest BCUT2D eigenvalue weighted by Gasteiger charge is 2.13. The van der Waals surface area contributed by atoms with Gasteiger partial charge in [0.15, 0.2) is 6.61 Å². The van der Waals surface area contributed by atoms with Crippen LogP contribution >= 0.6 is 0 Å². The lowest BCUT2D eigenvalue weighted by Gasteiger charge is -2.19. The van der Waals surface area contributed by atoms with E-state index in [-0.39, 0.29) is 17.9 Å². The molecule has 0 aliphatic heterocycles. The first kappa shape index (κ1) is 16.0. The van der Waals surface area contributed by atoms with Gasteiger partial charge in [0.25, 0.3) is 5.91 Å². The molecule has 0 radical (unpaired) electrons. The SMILES string of the molecule is CC(C)(C)c1ccc(OCC(=O)NCc2cccnc2)cc1. The number of aromatic nitrogens is 1. The number of benzene rings is 1. The molecular weight excluding hydrogens is 276 g/mol. The predicted molar refractivity (Wildman–Crippen MR) is 86.7 cm³/mol. The molecule has 1 N–H and O–H groups in total. The average Bonchev–Trinajstić information content (AvgIpc) is 2.51. The summed E-state index contributed by atoms with van der Waals surface area (Å²) in [7, 11) is 0. The molecule has 0 atom stereocenters. The number of carbonyl (C=O) groups is 1. The molecule has 116 valence electrons. The lowest BCUT2D eigenvalue weighted by atomic mass is 9.87. The Hall–Kier alpha value is -2.36. The number of nitrogens with zero attached hydrogens (tertiary/aromatic N) is 1. The summed E-state index contributed by atoms with van der Waals surface area (Å²) in [5, 5.41) is 2.80. The summed E-state index contributed by atoms with van der Waals surface area (Å²) < 4.78 is 5.50. The second-order valence-corrected chi connectivity index (χ2v) is 6.20. The van der Waals surface area contributed by atoms with Gasteiger partial charge in [-0.25, -0.2) is 0 Å². The normalized spacial score (nSPS) is 11.0. The molecule has 0 saturated carbocycles. The Morgan fingerprint density at radius 2 is 1.91 bits per heavy atom. The highest BCUT2D eigenvalue weighted by Crippen LogP contribution is 2.24. The number of hydrogen-bond donors (Lipinski definition) is 1. The van der Waals surface area contributed by atoms with Crippen molar-refractivity contribution in [1.82, 2.24) is 10.3 Å². The minimum absolute atomic E-state index is 0.00905. The van der Waals surface area contributed by atoms with Gasteiger partial charge in [-0.15, -0.1) is 0 Å². The Labute approximate surface area is 131 Å². The smallest absolute Gasteiger partial charge is 0.258 e. The Balaban J connectivity index is 1.79. The third-order valence-electron chi connectivity index (χ3n) is 3.30. The van der Waals surface area contributed by atoms with E-state index in [0.717, 1.165) is 5.56 Å². The van der Waals surface area contributed by atoms with Crippen molar-refractivity contribution in [3.63, 3.8) is 0 Å². The van der Waals surface area contributed by atoms with E-state index in [0.29, 0.717) is 12.3 Å². The zero-order valence-corrected chi connectivity index (χ0v) is 13.3. The highest BCUT2D eigenvalue weighted by molar-refractivity contribution is 5.77. The third kappa shape index (κ3) is 4.88. The number of nitrogens with one attached hydrogen (secondary N) is 1. The van der Waals surface area contributed by atoms with E-state index in [4.69, 9.17) is 4.74 Å². The van der Waals surface area contributed by atoms with Gasteiger partial charge in [0.2, 0.25) is 0 Å². The molecule has 1 amide bonds. The molecule has 0 aliphatic carbocycles. The van der Waals surface area contributed by atoms with Crippen LogP contribution in [0.5, 0.6) is 5.75 Å². The van der Waals surface area contributed by atoms with Crippen LogP contribution in [0.3, 0.4) is 0 Å². The van der Waals surface area contributed by atoms with Gasteiger partial charge < -0.3 is 10.1 Å². The summed E-state index contributed by atoms with van der Waals surface area (Å²) in [5.74, 6) is 0.549. The van der Waals surface area contributed by atoms with Crippen molar-refractivity contribution in [2.75, 3.05) is 6.61 Å². The first-order valence-corrected chi connectivity index (χ1v) is 7.34. The van der Waals surface area contributed by atoms with Crippen LogP contribution in [0.4, 0.5) is 0 Å². The zero-order chi connectivity index (χ0) is 16.0. The fourth-order valence-electron chi connectivity index (χ4n) is 1.95. The molecule has 1 heterocycles. The van der Waals surface area contributed by atoms with Gasteiger partial charge in [0, 0.05) is 18.9 Å². The lowest BCUT2D eigenvalue weighted by molar-refractivity contribution is -0.123. The molecule has 2 rings (SSSR count). The monoisotopic (exact) mass is 298 g/mol. The molecular formula is C18H22N2O2. The maximum Gasteiger partial charge on any atom is 0.258 e. The molecule has 0 spiro atoms. The largest absolute Gasteiger partial charge is 0.484 e. The van der Waals surface area contributed by atoms with Crippen LogP contribution in [-0.4, -0.2) is 17.5 Å². The molecule has 0 unspecified atom stereocenters. The molecule has 0 bridgehead atoms. The highest BCUT2D eigenvalue weighted by atomic mass is 16.5. The quantitative estimate of drug-likeness (QED) is 0.923. The summed E-state index contributed by atoms with van der Waals surface area (Å²) in [5.41, 5.74) is 2.31. The van der Waals surface area contributed by atoms with E-state index < -0.39 is 0 Å². The summed E-state index contributed by atoms with van der Waals surface area (Å²) >= 11 is 0. The molecule has 2 aromatic rings. The fourth-order valence-corrected chi connectivity index (χ4v) is 1.95. The van der Waals surface area contributed by atoms with Gasteiger partial charge >= 0.3 is 0 Å². The van der Waals surface area contributed by atoms with Gasteiger partial charge in [-0.05, 0) is 34.7 Å². The Bertz CT molecular complexity index is 601. The van der Waals surface area contributed by atoms with E-state index in [2.05, 4.69) is 31.1 Å². The molecule has 4 nitrogen and oxygen atoms in total. The maximum atomic E-state index is 11.8. The molecule has 0 saturated heterocycles. The first-order chi connectivity index (χ1) is 10.4. The van der Waals surface area contributed by atoms with Crippen molar-refractivity contribution in [2.24, 2.45) is 0 Å². The molecule has 1 aromatic carbocycles. The van der Waals surface area contributed by atoms with Crippen LogP contribution < -0.4 is 10.1 Å². The molecule has 22 heavy (non-hydrogen) atoms. The average molecular weight is 298 g/mol. The van der Waals surface area contributed by atoms with E-state index in [9.17, 15) is 4.79 Å². The second kappa shape index (κ2) is 7.07. The fraction of sp³-hybridized carbons (Fsp3) is 0.333. The van der Waals surface area contributed by atoms with Crippen LogP contribution in [-0.2, 0) is 16.8 Å². The van der Waals surface area contributed by atoms with Gasteiger partial charge in [-0.2, -0.15) is 0 Å². The molecule has 1 aromatic heterocycles. The van der Waals surface area contributed by atoms with Gasteiger partial charge in [0.05, 0.1) is 0 Å². The molecule has 4 heteroatoms. The topological polar surface area (TPSA) is 51.2 Å². The number of hydrogen-bond acceptors (Lipinski definition) is 3. The third-order valence-corrected chi connectivity index (χ3v) is 3.30. The van der Waals surface area contributed by atoms with Crippen molar-refractivity contribution in [3.8, 4) is 5.75 Å². The summed E-state index contributed by atoms with van der Waals surface area (Å²) in [6.07, 6.45) is 3.43. The summed E-state index contributed by atoms with van der Waals surface area (Å²) in [6.45, 7) is 6.95. The Kier molecular flexibility index (Phi) is 5.15. The summed E-state index contributed by atoms with van der Waals surface area (Å²) in [6, 6.07) is 11.6. The predicted octanol–water partition coefficient (Wildman–Crippen LogP) is 3.07. The van der Waals surface area contributed by atoms with E-state index in [1.807, 2.05) is 36.4 Å². The van der Waals surface area contributed by atoms with Crippen molar-refractivity contribution < 1.29 is 9.53 Å². The Morgan fingerprint density at radius 3 is 2.50 bits per heavy atom. The van der Waals surface area contributed by atoms with Gasteiger partial charge in [0.1, 0.15) is 5.75 Å². The Morgan fingerprint density at radius 1 is 1.18 bits per heavy atom. The van der Waals surface area contributed by atoms with Crippen LogP contribution in [0.1, 0.15) is 31.9 Å². The van der Waals surface area contributed by atoms with Gasteiger partial charge in [-0.1, -0.05) is 39.0 Å². The second-order valence-electron chi connectivity index (χ2n) is 6.20. The van der Waals surface area contributed by atoms with E-state index in [1.54, 1.807) is 12.4 Å². The number of amides is 1. The van der Waals surface area contributed by atoms with E-state index in [1.165, 1.54) is 5.56 Å². The lowest BCUT2D eigenvalue weighted by Crippen LogP contribution is -2.28. The number of pyridine rings is 1. The van der Waals surface area contributed by atoms with Gasteiger partial charge in [-0.3, -0.25) is 9.78 Å². The van der Waals surface area contributed by atoms with Crippen molar-refractivity contribution >= 4 is 5.91 Å². The van der Waals surface area contributed by atoms with Crippen molar-refractivity contribution in [3.05, 3.63) is 59.9 Å². The van der Waals surface area contributed by atoms with Crippen molar-refractivity contribution in [2.45, 2.75) is 32.7 Å². The number of ether oxygens (including phenoxy) is 1. The van der Waals surface area contributed by atoms with Crippen molar-refractivity contribution in [1.29, 1.82) is 0 Å². The molecule has 0 fully saturated rings. The first-order valence-electron chi connectivity index (χ1n) is 7.34. The van der Waals surface area contributed by atoms with E-state index >= 15 is 0 Å². The number of carbonyl (C=O) groups excluding carboxylic acids is 1. The standard InChI is InChI=1S/C18H22N2O2/c1-18(2,3)15-6-8-16(9-7-15)22-13-17(21)20-12-14-5-4-10-19-11-14/h4-11H,12-13H2,1-3H3,(H,20,21).